The number of nitrogens with zero attached hydrogens (tertiary/aromatic N) is 3. The van der Waals surface area contributed by atoms with Crippen LogP contribution in [0.3, 0.4) is 0 Å². The molecule has 5 heteroatoms. The lowest BCUT2D eigenvalue weighted by Crippen LogP contribution is -2.16. The molecule has 3 aromatic heterocycles. The minimum Gasteiger partial charge on any atom is -0.347 e. The van der Waals surface area contributed by atoms with Gasteiger partial charge in [0.2, 0.25) is 0 Å². The number of hydrogen-bond acceptors (Lipinski definition) is 2. The molecule has 0 fully saturated rings. The number of halogens is 1. The molecule has 28 heavy (non-hydrogen) atoms. The van der Waals surface area contributed by atoms with E-state index in [4.69, 9.17) is 0 Å². The van der Waals surface area contributed by atoms with E-state index in [1.807, 2.05) is 12.1 Å². The number of rotatable bonds is 2. The quantitative estimate of drug-likeness (QED) is 0.522. The zero-order chi connectivity index (χ0) is 19.3. The van der Waals surface area contributed by atoms with Crippen molar-refractivity contribution in [2.75, 3.05) is 0 Å². The van der Waals surface area contributed by atoms with Crippen molar-refractivity contribution >= 4 is 10.9 Å². The fraction of sp³-hybridized carbons (Fsp3) is 0.217. The topological polar surface area (TPSA) is 39.8 Å². The molecule has 3 heterocycles. The highest BCUT2D eigenvalue weighted by Crippen LogP contribution is 2.32. The van der Waals surface area contributed by atoms with E-state index in [0.717, 1.165) is 24.7 Å². The molecule has 140 valence electrons. The average molecular weight is 373 g/mol. The molecule has 0 amide bonds. The Morgan fingerprint density at radius 2 is 1.89 bits per heavy atom. The summed E-state index contributed by atoms with van der Waals surface area (Å²) < 4.78 is 17.0. The number of hydrogen-bond donors (Lipinski definition) is 0. The van der Waals surface area contributed by atoms with Gasteiger partial charge in [-0.15, -0.1) is 0 Å². The van der Waals surface area contributed by atoms with Gasteiger partial charge in [0.05, 0.1) is 23.1 Å². The highest BCUT2D eigenvalue weighted by molar-refractivity contribution is 5.87. The summed E-state index contributed by atoms with van der Waals surface area (Å²) >= 11 is 0. The number of aryl methyl sites for hydroxylation is 2. The molecule has 5 rings (SSSR count). The summed E-state index contributed by atoms with van der Waals surface area (Å²) in [5.74, 6) is -0.393. The molecular weight excluding hydrogens is 353 g/mol. The van der Waals surface area contributed by atoms with Crippen molar-refractivity contribution in [3.8, 4) is 16.9 Å². The van der Waals surface area contributed by atoms with Gasteiger partial charge in [-0.3, -0.25) is 14.3 Å². The molecule has 1 aliphatic carbocycles. The third kappa shape index (κ3) is 2.66. The molecule has 0 saturated carbocycles. The van der Waals surface area contributed by atoms with Crippen LogP contribution in [0.5, 0.6) is 0 Å². The van der Waals surface area contributed by atoms with Crippen molar-refractivity contribution in [1.29, 1.82) is 0 Å². The Hall–Kier alpha value is -3.21. The Kier molecular flexibility index (Phi) is 3.90. The van der Waals surface area contributed by atoms with Crippen molar-refractivity contribution in [3.63, 3.8) is 0 Å². The second-order valence-corrected chi connectivity index (χ2v) is 7.38. The van der Waals surface area contributed by atoms with E-state index < -0.39 is 5.82 Å². The fourth-order valence-electron chi connectivity index (χ4n) is 4.30. The van der Waals surface area contributed by atoms with Crippen molar-refractivity contribution in [2.45, 2.75) is 25.7 Å². The van der Waals surface area contributed by atoms with Gasteiger partial charge in [-0.25, -0.2) is 4.39 Å². The number of benzene rings is 1. The smallest absolute Gasteiger partial charge is 0.255 e. The van der Waals surface area contributed by atoms with E-state index in [2.05, 4.69) is 28.7 Å². The Morgan fingerprint density at radius 1 is 1.04 bits per heavy atom. The van der Waals surface area contributed by atoms with Crippen molar-refractivity contribution in [3.05, 3.63) is 82.3 Å². The molecule has 1 aliphatic rings. The third-order valence-corrected chi connectivity index (χ3v) is 5.73. The second kappa shape index (κ2) is 6.44. The van der Waals surface area contributed by atoms with Crippen LogP contribution in [0.25, 0.3) is 27.8 Å². The van der Waals surface area contributed by atoms with E-state index >= 15 is 0 Å². The number of fused-ring (bicyclic) bond motifs is 3. The number of pyridine rings is 2. The largest absolute Gasteiger partial charge is 0.347 e. The standard InChI is InChI=1S/C23H20FN3O/c1-26-21-5-3-2-4-18(21)19-8-7-17(13-22(19)26)27-11-10-15(12-23(27)28)20-9-6-16(24)14-25-20/h6-14H,2-5H2,1H3. The predicted octanol–water partition coefficient (Wildman–Crippen LogP) is 4.41. The summed E-state index contributed by atoms with van der Waals surface area (Å²) in [6, 6.07) is 12.5. The first-order valence-electron chi connectivity index (χ1n) is 9.57. The highest BCUT2D eigenvalue weighted by Gasteiger charge is 2.18. The van der Waals surface area contributed by atoms with Gasteiger partial charge in [-0.05, 0) is 61.6 Å². The first kappa shape index (κ1) is 16.9. The molecule has 0 unspecified atom stereocenters. The summed E-state index contributed by atoms with van der Waals surface area (Å²) in [5, 5.41) is 1.29. The SMILES string of the molecule is Cn1c2c(c3ccc(-n4ccc(-c5ccc(F)cn5)cc4=O)cc31)CCCC2. The van der Waals surface area contributed by atoms with Crippen LogP contribution in [0, 0.1) is 5.82 Å². The third-order valence-electron chi connectivity index (χ3n) is 5.73. The summed E-state index contributed by atoms with van der Waals surface area (Å²) in [4.78, 5) is 16.8. The monoisotopic (exact) mass is 373 g/mol. The van der Waals surface area contributed by atoms with Gasteiger partial charge in [-0.1, -0.05) is 6.07 Å². The van der Waals surface area contributed by atoms with Crippen LogP contribution >= 0.6 is 0 Å². The molecule has 4 aromatic rings. The van der Waals surface area contributed by atoms with E-state index in [1.54, 1.807) is 22.9 Å². The maximum atomic E-state index is 13.1. The van der Waals surface area contributed by atoms with Crippen LogP contribution in [0.1, 0.15) is 24.1 Å². The predicted molar refractivity (Wildman–Crippen MR) is 108 cm³/mol. The van der Waals surface area contributed by atoms with Gasteiger partial charge in [0, 0.05) is 36.0 Å². The van der Waals surface area contributed by atoms with Gasteiger partial charge in [0.15, 0.2) is 0 Å². The van der Waals surface area contributed by atoms with Crippen LogP contribution in [0.4, 0.5) is 4.39 Å². The Morgan fingerprint density at radius 3 is 2.68 bits per heavy atom. The van der Waals surface area contributed by atoms with Crippen LogP contribution in [-0.4, -0.2) is 14.1 Å². The van der Waals surface area contributed by atoms with Crippen LogP contribution in [0.2, 0.25) is 0 Å². The Labute approximate surface area is 161 Å². The normalized spacial score (nSPS) is 13.6. The molecule has 0 bridgehead atoms. The molecule has 0 aliphatic heterocycles. The minimum absolute atomic E-state index is 0.137. The first-order chi connectivity index (χ1) is 13.6. The molecule has 1 aromatic carbocycles. The van der Waals surface area contributed by atoms with Crippen molar-refractivity contribution in [1.82, 2.24) is 14.1 Å². The maximum absolute atomic E-state index is 13.1. The average Bonchev–Trinajstić information content (AvgIpc) is 3.01. The van der Waals surface area contributed by atoms with Gasteiger partial charge < -0.3 is 4.57 Å². The van der Waals surface area contributed by atoms with E-state index in [1.165, 1.54) is 41.1 Å². The van der Waals surface area contributed by atoms with E-state index in [0.29, 0.717) is 11.3 Å². The lowest BCUT2D eigenvalue weighted by Gasteiger charge is -2.12. The molecule has 4 nitrogen and oxygen atoms in total. The lowest BCUT2D eigenvalue weighted by molar-refractivity contribution is 0.622. The van der Waals surface area contributed by atoms with Crippen molar-refractivity contribution < 1.29 is 4.39 Å². The maximum Gasteiger partial charge on any atom is 0.255 e. The van der Waals surface area contributed by atoms with E-state index in [-0.39, 0.29) is 5.56 Å². The summed E-state index contributed by atoms with van der Waals surface area (Å²) in [6.07, 6.45) is 7.65. The van der Waals surface area contributed by atoms with Crippen LogP contribution in [-0.2, 0) is 19.9 Å². The Balaban J connectivity index is 1.59. The van der Waals surface area contributed by atoms with Crippen LogP contribution < -0.4 is 5.56 Å². The van der Waals surface area contributed by atoms with Gasteiger partial charge in [-0.2, -0.15) is 0 Å². The number of aromatic nitrogens is 3. The summed E-state index contributed by atoms with van der Waals surface area (Å²) in [7, 11) is 2.11. The molecule has 0 spiro atoms. The molecule has 0 N–H and O–H groups in total. The van der Waals surface area contributed by atoms with Gasteiger partial charge in [0.25, 0.3) is 5.56 Å². The zero-order valence-corrected chi connectivity index (χ0v) is 15.7. The van der Waals surface area contributed by atoms with Crippen LogP contribution in [0.15, 0.2) is 59.7 Å². The van der Waals surface area contributed by atoms with Gasteiger partial charge in [0.1, 0.15) is 5.82 Å². The van der Waals surface area contributed by atoms with Gasteiger partial charge >= 0.3 is 0 Å². The second-order valence-electron chi connectivity index (χ2n) is 7.38. The molecule has 0 saturated heterocycles. The molecule has 0 radical (unpaired) electrons. The van der Waals surface area contributed by atoms with Crippen molar-refractivity contribution in [2.24, 2.45) is 7.05 Å². The lowest BCUT2D eigenvalue weighted by atomic mass is 9.95. The Bertz CT molecular complexity index is 1250. The fourth-order valence-corrected chi connectivity index (χ4v) is 4.30. The first-order valence-corrected chi connectivity index (χ1v) is 9.57. The highest BCUT2D eigenvalue weighted by atomic mass is 19.1. The minimum atomic E-state index is -0.393. The molecule has 0 atom stereocenters. The molecular formula is C23H20FN3O. The van der Waals surface area contributed by atoms with E-state index in [9.17, 15) is 9.18 Å². The zero-order valence-electron chi connectivity index (χ0n) is 15.7. The summed E-state index contributed by atoms with van der Waals surface area (Å²) in [6.45, 7) is 0. The summed E-state index contributed by atoms with van der Waals surface area (Å²) in [5.41, 5.74) is 6.01.